The minimum absolute atomic E-state index is 0.0290. The minimum Gasteiger partial charge on any atom is -0.466 e. The molecule has 0 heterocycles. The second kappa shape index (κ2) is 9.67. The molecule has 160 valence electrons. The quantitative estimate of drug-likeness (QED) is 0.587. The standard InChI is InChI=1S/C22H23FO6S/c1-4-28-21(25)15-22(29-17(3)24,14-13-18-7-9-19(23)10-8-18)30(26,27)20-11-5-16(2)6-12-20/h5-14H,4,15H2,1-3H3/b14-13-. The molecule has 2 rings (SSSR count). The summed E-state index contributed by atoms with van der Waals surface area (Å²) < 4.78 is 50.4. The van der Waals surface area contributed by atoms with E-state index in [2.05, 4.69) is 0 Å². The molecule has 0 amide bonds. The fraction of sp³-hybridized carbons (Fsp3) is 0.273. The van der Waals surface area contributed by atoms with Crippen LogP contribution in [-0.4, -0.2) is 31.9 Å². The van der Waals surface area contributed by atoms with Crippen LogP contribution in [0.5, 0.6) is 0 Å². The molecular weight excluding hydrogens is 411 g/mol. The van der Waals surface area contributed by atoms with Crippen molar-refractivity contribution in [3.8, 4) is 0 Å². The van der Waals surface area contributed by atoms with Gasteiger partial charge >= 0.3 is 11.9 Å². The number of benzene rings is 2. The van der Waals surface area contributed by atoms with Crippen molar-refractivity contribution in [1.29, 1.82) is 0 Å². The number of esters is 2. The van der Waals surface area contributed by atoms with Gasteiger partial charge in [-0.25, -0.2) is 12.8 Å². The van der Waals surface area contributed by atoms with Crippen molar-refractivity contribution < 1.29 is 31.9 Å². The van der Waals surface area contributed by atoms with Gasteiger partial charge in [0.25, 0.3) is 0 Å². The average molecular weight is 434 g/mol. The molecule has 6 nitrogen and oxygen atoms in total. The Hall–Kier alpha value is -3.00. The van der Waals surface area contributed by atoms with Crippen LogP contribution in [0.15, 0.2) is 59.5 Å². The Morgan fingerprint density at radius 1 is 1.07 bits per heavy atom. The van der Waals surface area contributed by atoms with Gasteiger partial charge in [-0.1, -0.05) is 35.9 Å². The highest BCUT2D eigenvalue weighted by Crippen LogP contribution is 2.34. The third kappa shape index (κ3) is 5.54. The van der Waals surface area contributed by atoms with Crippen molar-refractivity contribution in [2.75, 3.05) is 6.61 Å². The van der Waals surface area contributed by atoms with E-state index in [1.165, 1.54) is 42.5 Å². The lowest BCUT2D eigenvalue weighted by Crippen LogP contribution is -2.43. The highest BCUT2D eigenvalue weighted by molar-refractivity contribution is 7.93. The average Bonchev–Trinajstić information content (AvgIpc) is 2.67. The van der Waals surface area contributed by atoms with Crippen LogP contribution < -0.4 is 0 Å². The molecule has 0 aliphatic rings. The molecule has 1 atom stereocenters. The topological polar surface area (TPSA) is 86.7 Å². The van der Waals surface area contributed by atoms with E-state index in [9.17, 15) is 22.4 Å². The number of carbonyl (C=O) groups excluding carboxylic acids is 2. The summed E-state index contributed by atoms with van der Waals surface area (Å²) in [6.45, 7) is 4.45. The molecule has 0 radical (unpaired) electrons. The van der Waals surface area contributed by atoms with Crippen LogP contribution in [0, 0.1) is 12.7 Å². The van der Waals surface area contributed by atoms with Crippen LogP contribution in [0.4, 0.5) is 4.39 Å². The molecule has 0 spiro atoms. The van der Waals surface area contributed by atoms with Crippen LogP contribution in [0.3, 0.4) is 0 Å². The van der Waals surface area contributed by atoms with Crippen LogP contribution >= 0.6 is 0 Å². The monoisotopic (exact) mass is 434 g/mol. The first-order valence-electron chi connectivity index (χ1n) is 9.21. The largest absolute Gasteiger partial charge is 0.466 e. The Morgan fingerprint density at radius 3 is 2.20 bits per heavy atom. The van der Waals surface area contributed by atoms with E-state index >= 15 is 0 Å². The van der Waals surface area contributed by atoms with Crippen molar-refractivity contribution in [2.24, 2.45) is 0 Å². The maximum Gasteiger partial charge on any atom is 0.311 e. The van der Waals surface area contributed by atoms with Crippen LogP contribution in [0.2, 0.25) is 0 Å². The second-order valence-electron chi connectivity index (χ2n) is 6.59. The SMILES string of the molecule is CCOC(=O)CC(/C=C\c1ccc(F)cc1)(OC(C)=O)S(=O)(=O)c1ccc(C)cc1. The van der Waals surface area contributed by atoms with E-state index in [1.54, 1.807) is 26.0 Å². The summed E-state index contributed by atoms with van der Waals surface area (Å²) in [5, 5.41) is 0. The molecule has 8 heteroatoms. The van der Waals surface area contributed by atoms with Gasteiger partial charge in [0, 0.05) is 6.92 Å². The smallest absolute Gasteiger partial charge is 0.311 e. The zero-order valence-corrected chi connectivity index (χ0v) is 17.7. The van der Waals surface area contributed by atoms with Gasteiger partial charge in [-0.15, -0.1) is 0 Å². The third-order valence-electron chi connectivity index (χ3n) is 4.20. The zero-order chi connectivity index (χ0) is 22.4. The number of ether oxygens (including phenoxy) is 2. The Bertz CT molecular complexity index is 1030. The maximum atomic E-state index is 13.5. The van der Waals surface area contributed by atoms with Crippen molar-refractivity contribution >= 4 is 27.9 Å². The molecule has 1 unspecified atom stereocenters. The van der Waals surface area contributed by atoms with Crippen molar-refractivity contribution in [3.63, 3.8) is 0 Å². The van der Waals surface area contributed by atoms with Gasteiger partial charge in [-0.3, -0.25) is 9.59 Å². The fourth-order valence-electron chi connectivity index (χ4n) is 2.74. The Morgan fingerprint density at radius 2 is 1.67 bits per heavy atom. The fourth-order valence-corrected chi connectivity index (χ4v) is 4.41. The highest BCUT2D eigenvalue weighted by Gasteiger charge is 2.48. The summed E-state index contributed by atoms with van der Waals surface area (Å²) in [5.74, 6) is -2.20. The van der Waals surface area contributed by atoms with Crippen molar-refractivity contribution in [3.05, 3.63) is 71.6 Å². The number of sulfone groups is 1. The molecule has 0 aliphatic heterocycles. The summed E-state index contributed by atoms with van der Waals surface area (Å²) in [6, 6.07) is 11.2. The first-order valence-corrected chi connectivity index (χ1v) is 10.7. The predicted octanol–water partition coefficient (Wildman–Crippen LogP) is 3.83. The van der Waals surface area contributed by atoms with E-state index in [4.69, 9.17) is 9.47 Å². The van der Waals surface area contributed by atoms with E-state index < -0.39 is 38.9 Å². The Kier molecular flexibility index (Phi) is 7.50. The van der Waals surface area contributed by atoms with E-state index in [0.717, 1.165) is 18.6 Å². The van der Waals surface area contributed by atoms with Gasteiger partial charge in [-0.2, -0.15) is 0 Å². The molecule has 30 heavy (non-hydrogen) atoms. The summed E-state index contributed by atoms with van der Waals surface area (Å²) in [5.41, 5.74) is 1.29. The normalized spacial score (nSPS) is 13.6. The number of halogens is 1. The molecule has 0 saturated heterocycles. The Balaban J connectivity index is 2.65. The number of hydrogen-bond donors (Lipinski definition) is 0. The van der Waals surface area contributed by atoms with Gasteiger partial charge in [0.1, 0.15) is 12.2 Å². The van der Waals surface area contributed by atoms with Gasteiger partial charge in [0.05, 0.1) is 11.5 Å². The summed E-state index contributed by atoms with van der Waals surface area (Å²) >= 11 is 0. The summed E-state index contributed by atoms with van der Waals surface area (Å²) in [4.78, 5) is 21.7. The first kappa shape index (κ1) is 23.3. The maximum absolute atomic E-state index is 13.5. The number of rotatable bonds is 8. The zero-order valence-electron chi connectivity index (χ0n) is 16.9. The van der Waals surface area contributed by atoms with Crippen molar-refractivity contribution in [1.82, 2.24) is 0 Å². The lowest BCUT2D eigenvalue weighted by atomic mass is 10.1. The second-order valence-corrected chi connectivity index (χ2v) is 8.76. The van der Waals surface area contributed by atoms with Gasteiger partial charge in [-0.05, 0) is 49.8 Å². The van der Waals surface area contributed by atoms with Crippen LogP contribution in [0.1, 0.15) is 31.4 Å². The molecule has 0 N–H and O–H groups in total. The van der Waals surface area contributed by atoms with Gasteiger partial charge < -0.3 is 9.47 Å². The lowest BCUT2D eigenvalue weighted by molar-refractivity contribution is -0.153. The molecule has 0 bridgehead atoms. The summed E-state index contributed by atoms with van der Waals surface area (Å²) in [6.07, 6.45) is 1.73. The van der Waals surface area contributed by atoms with E-state index in [1.807, 2.05) is 0 Å². The molecule has 0 saturated carbocycles. The molecular formula is C22H23FO6S. The highest BCUT2D eigenvalue weighted by atomic mass is 32.2. The van der Waals surface area contributed by atoms with Gasteiger partial charge in [0.2, 0.25) is 14.8 Å². The number of carbonyl (C=O) groups is 2. The molecule has 2 aromatic carbocycles. The first-order chi connectivity index (χ1) is 14.1. The summed E-state index contributed by atoms with van der Waals surface area (Å²) in [7, 11) is -4.37. The van der Waals surface area contributed by atoms with Gasteiger partial charge in [0.15, 0.2) is 0 Å². The van der Waals surface area contributed by atoms with E-state index in [-0.39, 0.29) is 11.5 Å². The third-order valence-corrected chi connectivity index (χ3v) is 6.36. The van der Waals surface area contributed by atoms with Crippen LogP contribution in [0.25, 0.3) is 6.08 Å². The Labute approximate surface area is 175 Å². The van der Waals surface area contributed by atoms with Crippen LogP contribution in [-0.2, 0) is 28.9 Å². The molecule has 0 aliphatic carbocycles. The van der Waals surface area contributed by atoms with E-state index in [0.29, 0.717) is 5.56 Å². The van der Waals surface area contributed by atoms with Crippen molar-refractivity contribution in [2.45, 2.75) is 37.0 Å². The molecule has 0 fully saturated rings. The molecule has 2 aromatic rings. The molecule has 0 aromatic heterocycles. The number of hydrogen-bond acceptors (Lipinski definition) is 6. The lowest BCUT2D eigenvalue weighted by Gasteiger charge is -2.29. The minimum atomic E-state index is -4.37. The number of aryl methyl sites for hydroxylation is 1. The predicted molar refractivity (Wildman–Crippen MR) is 110 cm³/mol.